The number of hydrogen-bond donors (Lipinski definition) is 0. The van der Waals surface area contributed by atoms with Crippen LogP contribution in [0.3, 0.4) is 0 Å². The zero-order chi connectivity index (χ0) is 8.97. The van der Waals surface area contributed by atoms with Crippen molar-refractivity contribution in [1.82, 2.24) is 0 Å². The second-order valence-electron chi connectivity index (χ2n) is 2.63. The summed E-state index contributed by atoms with van der Waals surface area (Å²) in [6.45, 7) is 2.11. The maximum atomic E-state index is 5.11. The van der Waals surface area contributed by atoms with E-state index < -0.39 is 0 Å². The average Bonchev–Trinajstić information content (AvgIpc) is 2.47. The van der Waals surface area contributed by atoms with Crippen molar-refractivity contribution in [2.45, 2.75) is 19.6 Å². The van der Waals surface area contributed by atoms with Crippen LogP contribution < -0.4 is 0 Å². The molecule has 1 rings (SSSR count). The molecular formula is C9H14O2S. The van der Waals surface area contributed by atoms with Gasteiger partial charge in [0.15, 0.2) is 6.29 Å². The van der Waals surface area contributed by atoms with Gasteiger partial charge in [-0.3, -0.25) is 0 Å². The quantitative estimate of drug-likeness (QED) is 0.671. The van der Waals surface area contributed by atoms with Gasteiger partial charge in [-0.05, 0) is 23.9 Å². The molecule has 0 aliphatic rings. The van der Waals surface area contributed by atoms with Crippen LogP contribution in [0.4, 0.5) is 0 Å². The molecule has 1 aromatic heterocycles. The van der Waals surface area contributed by atoms with Crippen LogP contribution in [0.2, 0.25) is 0 Å². The van der Waals surface area contributed by atoms with Crippen LogP contribution in [-0.4, -0.2) is 20.5 Å². The Morgan fingerprint density at radius 1 is 1.42 bits per heavy atom. The molecule has 1 aromatic rings. The van der Waals surface area contributed by atoms with E-state index in [4.69, 9.17) is 9.47 Å². The van der Waals surface area contributed by atoms with E-state index in [1.165, 1.54) is 10.4 Å². The lowest BCUT2D eigenvalue weighted by atomic mass is 10.2. The lowest BCUT2D eigenvalue weighted by molar-refractivity contribution is -0.0998. The monoisotopic (exact) mass is 186 g/mol. The van der Waals surface area contributed by atoms with E-state index in [1.54, 1.807) is 25.6 Å². The highest BCUT2D eigenvalue weighted by Crippen LogP contribution is 2.18. The first-order valence-electron chi connectivity index (χ1n) is 3.86. The predicted molar refractivity (Wildman–Crippen MR) is 50.6 cm³/mol. The van der Waals surface area contributed by atoms with E-state index in [2.05, 4.69) is 18.4 Å². The van der Waals surface area contributed by atoms with Crippen LogP contribution in [0.25, 0.3) is 0 Å². The summed E-state index contributed by atoms with van der Waals surface area (Å²) >= 11 is 1.75. The molecule has 0 saturated heterocycles. The molecule has 0 fully saturated rings. The summed E-state index contributed by atoms with van der Waals surface area (Å²) in [4.78, 5) is 1.34. The van der Waals surface area contributed by atoms with Crippen molar-refractivity contribution in [1.29, 1.82) is 0 Å². The van der Waals surface area contributed by atoms with Crippen LogP contribution in [0.5, 0.6) is 0 Å². The molecule has 12 heavy (non-hydrogen) atoms. The first kappa shape index (κ1) is 9.71. The number of methoxy groups -OCH3 is 2. The lowest BCUT2D eigenvalue weighted by Gasteiger charge is -2.12. The first-order valence-corrected chi connectivity index (χ1v) is 4.74. The summed E-state index contributed by atoms with van der Waals surface area (Å²) in [7, 11) is 3.33. The van der Waals surface area contributed by atoms with Crippen LogP contribution in [0.1, 0.15) is 10.4 Å². The minimum absolute atomic E-state index is 0.109. The maximum Gasteiger partial charge on any atom is 0.161 e. The van der Waals surface area contributed by atoms with Gasteiger partial charge in [-0.25, -0.2) is 0 Å². The second-order valence-corrected chi connectivity index (χ2v) is 3.63. The molecule has 68 valence electrons. The molecule has 0 bridgehead atoms. The van der Waals surface area contributed by atoms with Crippen LogP contribution in [0.15, 0.2) is 11.4 Å². The number of rotatable bonds is 4. The molecule has 0 N–H and O–H groups in total. The van der Waals surface area contributed by atoms with E-state index in [0.29, 0.717) is 0 Å². The van der Waals surface area contributed by atoms with Gasteiger partial charge < -0.3 is 9.47 Å². The van der Waals surface area contributed by atoms with Crippen molar-refractivity contribution in [2.75, 3.05) is 14.2 Å². The summed E-state index contributed by atoms with van der Waals surface area (Å²) in [5.74, 6) is 0. The zero-order valence-electron chi connectivity index (χ0n) is 7.66. The van der Waals surface area contributed by atoms with Crippen LogP contribution in [0, 0.1) is 6.92 Å². The molecule has 0 radical (unpaired) electrons. The van der Waals surface area contributed by atoms with Gasteiger partial charge in [-0.1, -0.05) is 0 Å². The Morgan fingerprint density at radius 3 is 2.50 bits per heavy atom. The van der Waals surface area contributed by atoms with Crippen molar-refractivity contribution in [3.05, 3.63) is 21.9 Å². The minimum Gasteiger partial charge on any atom is -0.356 e. The summed E-state index contributed by atoms with van der Waals surface area (Å²) in [5, 5.41) is 2.09. The van der Waals surface area contributed by atoms with Gasteiger partial charge in [0, 0.05) is 25.5 Å². The third-order valence-corrected chi connectivity index (χ3v) is 2.89. The van der Waals surface area contributed by atoms with Gasteiger partial charge in [0.25, 0.3) is 0 Å². The summed E-state index contributed by atoms with van der Waals surface area (Å²) in [6.07, 6.45) is 0.735. The Morgan fingerprint density at radius 2 is 2.08 bits per heavy atom. The van der Waals surface area contributed by atoms with Crippen LogP contribution in [-0.2, 0) is 15.9 Å². The molecule has 1 heterocycles. The summed E-state index contributed by atoms with van der Waals surface area (Å²) in [5.41, 5.74) is 1.32. The normalized spacial score (nSPS) is 11.0. The Balaban J connectivity index is 2.56. The smallest absolute Gasteiger partial charge is 0.161 e. The molecule has 2 nitrogen and oxygen atoms in total. The Kier molecular flexibility index (Phi) is 3.72. The predicted octanol–water partition coefficient (Wildman–Crippen LogP) is 2.22. The highest BCUT2D eigenvalue weighted by atomic mass is 32.1. The summed E-state index contributed by atoms with van der Waals surface area (Å²) in [6, 6.07) is 2.11. The van der Waals surface area contributed by atoms with Crippen molar-refractivity contribution < 1.29 is 9.47 Å². The third-order valence-electron chi connectivity index (χ3n) is 1.85. The molecule has 0 aliphatic carbocycles. The number of ether oxygens (including phenoxy) is 2. The third kappa shape index (κ3) is 2.30. The van der Waals surface area contributed by atoms with Crippen molar-refractivity contribution in [3.63, 3.8) is 0 Å². The van der Waals surface area contributed by atoms with Crippen molar-refractivity contribution in [2.24, 2.45) is 0 Å². The zero-order valence-corrected chi connectivity index (χ0v) is 8.48. The Labute approximate surface area is 77.1 Å². The fourth-order valence-electron chi connectivity index (χ4n) is 1.03. The average molecular weight is 186 g/mol. The van der Waals surface area contributed by atoms with Crippen molar-refractivity contribution in [3.8, 4) is 0 Å². The lowest BCUT2D eigenvalue weighted by Crippen LogP contribution is -2.15. The Bertz CT molecular complexity index is 228. The maximum absolute atomic E-state index is 5.11. The standard InChI is InChI=1S/C9H14O2S/c1-7-4-5-12-8(7)6-9(10-2)11-3/h4-5,9H,6H2,1-3H3. The number of thiophene rings is 1. The van der Waals surface area contributed by atoms with E-state index in [-0.39, 0.29) is 6.29 Å². The van der Waals surface area contributed by atoms with E-state index in [0.717, 1.165) is 6.42 Å². The molecule has 0 spiro atoms. The molecule has 3 heteroatoms. The summed E-state index contributed by atoms with van der Waals surface area (Å²) < 4.78 is 10.2. The fraction of sp³-hybridized carbons (Fsp3) is 0.556. The number of aryl methyl sites for hydroxylation is 1. The molecule has 0 amide bonds. The van der Waals surface area contributed by atoms with E-state index in [1.807, 2.05) is 0 Å². The minimum atomic E-state index is -0.109. The Hall–Kier alpha value is -0.380. The topological polar surface area (TPSA) is 18.5 Å². The molecule has 0 atom stereocenters. The molecular weight excluding hydrogens is 172 g/mol. The second kappa shape index (κ2) is 4.60. The van der Waals surface area contributed by atoms with Gasteiger partial charge in [0.05, 0.1) is 0 Å². The molecule has 0 aromatic carbocycles. The van der Waals surface area contributed by atoms with E-state index >= 15 is 0 Å². The van der Waals surface area contributed by atoms with Gasteiger partial charge in [-0.2, -0.15) is 0 Å². The van der Waals surface area contributed by atoms with Gasteiger partial charge in [0.2, 0.25) is 0 Å². The first-order chi connectivity index (χ1) is 5.77. The number of hydrogen-bond acceptors (Lipinski definition) is 3. The van der Waals surface area contributed by atoms with Gasteiger partial charge in [-0.15, -0.1) is 11.3 Å². The largest absolute Gasteiger partial charge is 0.356 e. The molecule has 0 saturated carbocycles. The van der Waals surface area contributed by atoms with Gasteiger partial charge >= 0.3 is 0 Å². The van der Waals surface area contributed by atoms with Gasteiger partial charge in [0.1, 0.15) is 0 Å². The SMILES string of the molecule is COC(Cc1sccc1C)OC. The van der Waals surface area contributed by atoms with Crippen LogP contribution >= 0.6 is 11.3 Å². The fourth-order valence-corrected chi connectivity index (χ4v) is 1.95. The van der Waals surface area contributed by atoms with Crippen molar-refractivity contribution >= 4 is 11.3 Å². The van der Waals surface area contributed by atoms with E-state index in [9.17, 15) is 0 Å². The highest BCUT2D eigenvalue weighted by Gasteiger charge is 2.08. The molecule has 0 unspecified atom stereocenters. The highest BCUT2D eigenvalue weighted by molar-refractivity contribution is 7.10. The molecule has 0 aliphatic heterocycles.